The van der Waals surface area contributed by atoms with Crippen molar-refractivity contribution in [3.05, 3.63) is 0 Å². The van der Waals surface area contributed by atoms with E-state index in [2.05, 4.69) is 10.2 Å². The molecule has 0 amide bonds. The maximum absolute atomic E-state index is 5.95. The van der Waals surface area contributed by atoms with Crippen molar-refractivity contribution in [1.82, 2.24) is 10.2 Å². The summed E-state index contributed by atoms with van der Waals surface area (Å²) in [6.07, 6.45) is 6.38. The Balaban J connectivity index is 1.34. The van der Waals surface area contributed by atoms with E-state index in [0.29, 0.717) is 18.3 Å². The molecule has 2 atom stereocenters. The molecule has 4 heteroatoms. The van der Waals surface area contributed by atoms with Crippen LogP contribution in [0.4, 0.5) is 0 Å². The Morgan fingerprint density at radius 2 is 1.76 bits per heavy atom. The van der Waals surface area contributed by atoms with Crippen LogP contribution in [0.2, 0.25) is 0 Å². The van der Waals surface area contributed by atoms with Crippen molar-refractivity contribution in [3.8, 4) is 0 Å². The summed E-state index contributed by atoms with van der Waals surface area (Å²) in [5.41, 5.74) is 0. The molecular formula is C13H24N2O2. The predicted octanol–water partition coefficient (Wildman–Crippen LogP) is 0.618. The molecule has 3 heterocycles. The summed E-state index contributed by atoms with van der Waals surface area (Å²) >= 11 is 0. The van der Waals surface area contributed by atoms with Crippen LogP contribution in [0.25, 0.3) is 0 Å². The first-order chi connectivity index (χ1) is 8.40. The van der Waals surface area contributed by atoms with Crippen molar-refractivity contribution < 1.29 is 9.47 Å². The van der Waals surface area contributed by atoms with Gasteiger partial charge in [0.2, 0.25) is 0 Å². The highest BCUT2D eigenvalue weighted by atomic mass is 16.5. The number of piperidine rings is 1. The zero-order chi connectivity index (χ0) is 11.5. The third-order valence-electron chi connectivity index (χ3n) is 4.17. The molecule has 0 aromatic heterocycles. The van der Waals surface area contributed by atoms with Gasteiger partial charge in [-0.1, -0.05) is 0 Å². The molecule has 3 aliphatic heterocycles. The number of rotatable bonds is 4. The van der Waals surface area contributed by atoms with Crippen LogP contribution in [-0.2, 0) is 9.47 Å². The maximum atomic E-state index is 5.95. The monoisotopic (exact) mass is 240 g/mol. The molecule has 0 saturated carbocycles. The van der Waals surface area contributed by atoms with Crippen molar-refractivity contribution >= 4 is 0 Å². The molecule has 3 saturated heterocycles. The molecule has 0 radical (unpaired) electrons. The Kier molecular flexibility index (Phi) is 3.96. The summed E-state index contributed by atoms with van der Waals surface area (Å²) in [5.74, 6) is 0. The van der Waals surface area contributed by atoms with E-state index >= 15 is 0 Å². The van der Waals surface area contributed by atoms with Crippen molar-refractivity contribution in [3.63, 3.8) is 0 Å². The molecule has 2 unspecified atom stereocenters. The van der Waals surface area contributed by atoms with Crippen LogP contribution in [-0.4, -0.2) is 62.5 Å². The molecular weight excluding hydrogens is 216 g/mol. The molecule has 0 aromatic carbocycles. The number of likely N-dealkylation sites (tertiary alicyclic amines) is 1. The fourth-order valence-electron chi connectivity index (χ4n) is 3.19. The summed E-state index contributed by atoms with van der Waals surface area (Å²) in [6, 6.07) is 0. The fourth-order valence-corrected chi connectivity index (χ4v) is 3.19. The first kappa shape index (κ1) is 11.9. The van der Waals surface area contributed by atoms with E-state index in [1.807, 2.05) is 0 Å². The molecule has 0 aliphatic carbocycles. The van der Waals surface area contributed by atoms with E-state index in [9.17, 15) is 0 Å². The second-order valence-electron chi connectivity index (χ2n) is 5.54. The van der Waals surface area contributed by atoms with Gasteiger partial charge in [-0.15, -0.1) is 0 Å². The van der Waals surface area contributed by atoms with Gasteiger partial charge in [0.25, 0.3) is 0 Å². The van der Waals surface area contributed by atoms with Gasteiger partial charge in [0.15, 0.2) is 0 Å². The molecule has 0 spiro atoms. The van der Waals surface area contributed by atoms with E-state index in [4.69, 9.17) is 9.47 Å². The van der Waals surface area contributed by atoms with Gasteiger partial charge >= 0.3 is 0 Å². The summed E-state index contributed by atoms with van der Waals surface area (Å²) in [6.45, 7) is 6.45. The van der Waals surface area contributed by atoms with Gasteiger partial charge in [0.05, 0.1) is 24.9 Å². The van der Waals surface area contributed by atoms with Crippen LogP contribution < -0.4 is 5.32 Å². The van der Waals surface area contributed by atoms with Gasteiger partial charge in [-0.25, -0.2) is 0 Å². The minimum Gasteiger partial charge on any atom is -0.377 e. The Labute approximate surface area is 104 Å². The Morgan fingerprint density at radius 3 is 2.47 bits per heavy atom. The molecule has 3 rings (SSSR count). The molecule has 2 bridgehead atoms. The number of hydrogen-bond donors (Lipinski definition) is 1. The van der Waals surface area contributed by atoms with Gasteiger partial charge in [0, 0.05) is 19.6 Å². The minimum atomic E-state index is 0.494. The smallest absolute Gasteiger partial charge is 0.0707 e. The van der Waals surface area contributed by atoms with E-state index in [1.165, 1.54) is 25.7 Å². The van der Waals surface area contributed by atoms with Gasteiger partial charge in [-0.2, -0.15) is 0 Å². The lowest BCUT2D eigenvalue weighted by Gasteiger charge is -2.32. The minimum absolute atomic E-state index is 0.494. The molecule has 3 fully saturated rings. The van der Waals surface area contributed by atoms with Crippen LogP contribution in [0.5, 0.6) is 0 Å². The first-order valence-corrected chi connectivity index (χ1v) is 7.10. The average molecular weight is 240 g/mol. The van der Waals surface area contributed by atoms with Gasteiger partial charge in [0.1, 0.15) is 0 Å². The lowest BCUT2D eigenvalue weighted by molar-refractivity contribution is -0.0522. The molecule has 98 valence electrons. The first-order valence-electron chi connectivity index (χ1n) is 7.10. The van der Waals surface area contributed by atoms with Crippen molar-refractivity contribution in [2.75, 3.05) is 39.3 Å². The quantitative estimate of drug-likeness (QED) is 0.781. The van der Waals surface area contributed by atoms with Crippen LogP contribution in [0, 0.1) is 0 Å². The number of hydrogen-bond acceptors (Lipinski definition) is 4. The molecule has 4 nitrogen and oxygen atoms in total. The normalized spacial score (nSPS) is 35.3. The van der Waals surface area contributed by atoms with E-state index < -0.39 is 0 Å². The Bertz CT molecular complexity index is 232. The molecule has 1 N–H and O–H groups in total. The largest absolute Gasteiger partial charge is 0.377 e. The summed E-state index contributed by atoms with van der Waals surface area (Å²) in [5, 5.41) is 3.37. The maximum Gasteiger partial charge on any atom is 0.0707 e. The predicted molar refractivity (Wildman–Crippen MR) is 66.2 cm³/mol. The number of morpholine rings is 1. The molecule has 0 aromatic rings. The molecule has 3 aliphatic rings. The van der Waals surface area contributed by atoms with Gasteiger partial charge in [-0.3, -0.25) is 4.90 Å². The van der Waals surface area contributed by atoms with Crippen LogP contribution in [0.1, 0.15) is 25.7 Å². The topological polar surface area (TPSA) is 33.7 Å². The van der Waals surface area contributed by atoms with Crippen LogP contribution >= 0.6 is 0 Å². The van der Waals surface area contributed by atoms with Crippen LogP contribution in [0.15, 0.2) is 0 Å². The van der Waals surface area contributed by atoms with Gasteiger partial charge in [-0.05, 0) is 38.8 Å². The van der Waals surface area contributed by atoms with E-state index in [1.54, 1.807) is 0 Å². The number of ether oxygens (including phenoxy) is 2. The summed E-state index contributed by atoms with van der Waals surface area (Å²) < 4.78 is 11.8. The zero-order valence-corrected chi connectivity index (χ0v) is 10.6. The van der Waals surface area contributed by atoms with E-state index in [0.717, 1.165) is 39.3 Å². The Morgan fingerprint density at radius 1 is 1.06 bits per heavy atom. The highest BCUT2D eigenvalue weighted by Crippen LogP contribution is 2.25. The zero-order valence-electron chi connectivity index (χ0n) is 10.6. The number of nitrogens with zero attached hydrogens (tertiary/aromatic N) is 1. The van der Waals surface area contributed by atoms with Crippen molar-refractivity contribution in [1.29, 1.82) is 0 Å². The van der Waals surface area contributed by atoms with Crippen molar-refractivity contribution in [2.24, 2.45) is 0 Å². The van der Waals surface area contributed by atoms with Crippen molar-refractivity contribution in [2.45, 2.75) is 44.0 Å². The Hall–Kier alpha value is -0.160. The number of nitrogens with one attached hydrogen (secondary N) is 1. The standard InChI is InChI=1S/C13H24N2O2/c1-2-13-10-15(9-12(1)17-13)7-8-16-11-3-5-14-6-4-11/h11-14H,1-10H2. The van der Waals surface area contributed by atoms with E-state index in [-0.39, 0.29) is 0 Å². The lowest BCUT2D eigenvalue weighted by Crippen LogP contribution is -2.44. The fraction of sp³-hybridized carbons (Fsp3) is 1.00. The molecule has 17 heavy (non-hydrogen) atoms. The third-order valence-corrected chi connectivity index (χ3v) is 4.17. The van der Waals surface area contributed by atoms with Gasteiger partial charge < -0.3 is 14.8 Å². The third kappa shape index (κ3) is 3.19. The SMILES string of the molecule is C1CC(OCCN2CC3CCC(C2)O3)CCN1. The number of fused-ring (bicyclic) bond motifs is 2. The summed E-state index contributed by atoms with van der Waals surface area (Å²) in [4.78, 5) is 2.52. The van der Waals surface area contributed by atoms with Crippen LogP contribution in [0.3, 0.4) is 0 Å². The lowest BCUT2D eigenvalue weighted by atomic mass is 10.1. The second kappa shape index (κ2) is 5.65. The second-order valence-corrected chi connectivity index (χ2v) is 5.54. The highest BCUT2D eigenvalue weighted by Gasteiger charge is 2.33. The highest BCUT2D eigenvalue weighted by molar-refractivity contribution is 4.84. The summed E-state index contributed by atoms with van der Waals surface area (Å²) in [7, 11) is 0. The average Bonchev–Trinajstić information content (AvgIpc) is 2.70.